The molecule has 31 heavy (non-hydrogen) atoms. The van der Waals surface area contributed by atoms with Crippen LogP contribution in [0.15, 0.2) is 30.3 Å². The molecule has 4 aromatic rings. The second-order valence-electron chi connectivity index (χ2n) is 7.01. The van der Waals surface area contributed by atoms with Crippen molar-refractivity contribution in [3.8, 4) is 10.6 Å². The van der Waals surface area contributed by atoms with Gasteiger partial charge < -0.3 is 5.32 Å². The minimum atomic E-state index is -0.239. The molecule has 1 amide bonds. The maximum atomic E-state index is 13.0. The second kappa shape index (κ2) is 9.35. The normalized spacial score (nSPS) is 13.8. The molecular formula is C21H18Cl3N3OS3. The molecule has 3 aromatic heterocycles. The van der Waals surface area contributed by atoms with Crippen LogP contribution < -0.4 is 5.32 Å². The Bertz CT molecular complexity index is 1230. The molecule has 0 fully saturated rings. The van der Waals surface area contributed by atoms with Crippen LogP contribution in [0.25, 0.3) is 20.8 Å². The third kappa shape index (κ3) is 4.37. The summed E-state index contributed by atoms with van der Waals surface area (Å²) in [6, 6.07) is 9.75. The molecule has 0 aliphatic carbocycles. The number of likely N-dealkylation sites (N-methyl/N-ethyl adjacent to an activating group) is 1. The summed E-state index contributed by atoms with van der Waals surface area (Å²) in [4.78, 5) is 21.6. The molecule has 1 aliphatic heterocycles. The van der Waals surface area contributed by atoms with Gasteiger partial charge in [0.25, 0.3) is 5.91 Å². The van der Waals surface area contributed by atoms with Crippen LogP contribution in [0.2, 0.25) is 8.67 Å². The summed E-state index contributed by atoms with van der Waals surface area (Å²) in [6.45, 7) is 5.10. The highest BCUT2D eigenvalue weighted by Crippen LogP contribution is 2.46. The van der Waals surface area contributed by atoms with E-state index in [1.54, 1.807) is 28.7 Å². The maximum Gasteiger partial charge on any atom is 0.258 e. The third-order valence-corrected chi connectivity index (χ3v) is 8.89. The van der Waals surface area contributed by atoms with Gasteiger partial charge in [-0.05, 0) is 36.7 Å². The molecule has 5 rings (SSSR count). The van der Waals surface area contributed by atoms with Gasteiger partial charge >= 0.3 is 0 Å². The van der Waals surface area contributed by atoms with Gasteiger partial charge in [0, 0.05) is 23.5 Å². The van der Waals surface area contributed by atoms with Crippen LogP contribution in [-0.2, 0) is 13.0 Å². The van der Waals surface area contributed by atoms with Gasteiger partial charge in [0.2, 0.25) is 0 Å². The Hall–Kier alpha value is -1.19. The maximum absolute atomic E-state index is 13.0. The van der Waals surface area contributed by atoms with E-state index in [-0.39, 0.29) is 18.3 Å². The highest BCUT2D eigenvalue weighted by Gasteiger charge is 2.28. The first-order chi connectivity index (χ1) is 14.5. The Morgan fingerprint density at radius 1 is 1.23 bits per heavy atom. The molecule has 0 saturated heterocycles. The first-order valence-electron chi connectivity index (χ1n) is 9.52. The van der Waals surface area contributed by atoms with E-state index in [0.717, 1.165) is 51.8 Å². The number of anilines is 1. The molecule has 0 spiro atoms. The number of fused-ring (bicyclic) bond motifs is 2. The Morgan fingerprint density at radius 3 is 2.74 bits per heavy atom. The number of hydrogen-bond donors (Lipinski definition) is 1. The molecule has 0 saturated carbocycles. The Kier molecular flexibility index (Phi) is 6.93. The Morgan fingerprint density at radius 2 is 2.03 bits per heavy atom. The van der Waals surface area contributed by atoms with Crippen LogP contribution in [0.3, 0.4) is 0 Å². The molecule has 162 valence electrons. The van der Waals surface area contributed by atoms with Crippen molar-refractivity contribution in [1.29, 1.82) is 0 Å². The monoisotopic (exact) mass is 529 g/mol. The first-order valence-corrected chi connectivity index (χ1v) is 12.7. The van der Waals surface area contributed by atoms with Crippen molar-refractivity contribution in [2.24, 2.45) is 0 Å². The number of halogens is 3. The minimum absolute atomic E-state index is 0. The third-order valence-electron chi connectivity index (χ3n) is 5.22. The van der Waals surface area contributed by atoms with Crippen LogP contribution in [-0.4, -0.2) is 28.9 Å². The number of thiazole rings is 1. The highest BCUT2D eigenvalue weighted by molar-refractivity contribution is 7.23. The number of nitrogens with zero attached hydrogens (tertiary/aromatic N) is 2. The van der Waals surface area contributed by atoms with Crippen LogP contribution in [0.5, 0.6) is 0 Å². The summed E-state index contributed by atoms with van der Waals surface area (Å²) in [7, 11) is 0. The number of aromatic nitrogens is 1. The zero-order valence-electron chi connectivity index (χ0n) is 16.4. The van der Waals surface area contributed by atoms with Crippen LogP contribution in [0.1, 0.15) is 27.7 Å². The zero-order chi connectivity index (χ0) is 20.8. The number of hydrogen-bond acceptors (Lipinski definition) is 6. The van der Waals surface area contributed by atoms with E-state index in [2.05, 4.69) is 23.2 Å². The molecule has 4 heterocycles. The standard InChI is InChI=1S/C21H17Cl2N3OS3.ClH/c1-2-26-8-7-11-15(10-26)29-21(25-19(27)12-9-16(22)30-18(12)23)17(11)20-24-13-5-3-4-6-14(13)28-20;/h3-6,9H,2,7-8,10H2,1H3,(H,25,27);1H. The fourth-order valence-electron chi connectivity index (χ4n) is 3.69. The molecule has 0 radical (unpaired) electrons. The van der Waals surface area contributed by atoms with Crippen molar-refractivity contribution in [1.82, 2.24) is 9.88 Å². The van der Waals surface area contributed by atoms with Gasteiger partial charge in [-0.15, -0.1) is 46.4 Å². The van der Waals surface area contributed by atoms with Crippen molar-refractivity contribution in [3.05, 3.63) is 55.0 Å². The zero-order valence-corrected chi connectivity index (χ0v) is 21.2. The summed E-state index contributed by atoms with van der Waals surface area (Å²) in [5.74, 6) is -0.239. The molecule has 0 bridgehead atoms. The largest absolute Gasteiger partial charge is 0.313 e. The lowest BCUT2D eigenvalue weighted by Gasteiger charge is -2.25. The quantitative estimate of drug-likeness (QED) is 0.298. The number of rotatable bonds is 4. The molecule has 1 aliphatic rings. The summed E-state index contributed by atoms with van der Waals surface area (Å²) in [6.07, 6.45) is 0.950. The van der Waals surface area contributed by atoms with Crippen molar-refractivity contribution >= 4 is 90.7 Å². The van der Waals surface area contributed by atoms with Gasteiger partial charge in [-0.3, -0.25) is 9.69 Å². The van der Waals surface area contributed by atoms with Gasteiger partial charge in [0.05, 0.1) is 20.1 Å². The number of para-hydroxylation sites is 1. The van der Waals surface area contributed by atoms with E-state index < -0.39 is 0 Å². The van der Waals surface area contributed by atoms with E-state index >= 15 is 0 Å². The van der Waals surface area contributed by atoms with Crippen LogP contribution in [0.4, 0.5) is 5.00 Å². The fraction of sp³-hybridized carbons (Fsp3) is 0.238. The predicted octanol–water partition coefficient (Wildman–Crippen LogP) is 7.45. The van der Waals surface area contributed by atoms with E-state index in [1.807, 2.05) is 18.2 Å². The molecule has 1 aromatic carbocycles. The number of amides is 1. The Balaban J connectivity index is 0.00000231. The Labute approximate surface area is 208 Å². The molecule has 4 nitrogen and oxygen atoms in total. The average Bonchev–Trinajstić information content (AvgIpc) is 3.40. The first kappa shape index (κ1) is 23.0. The smallest absolute Gasteiger partial charge is 0.258 e. The van der Waals surface area contributed by atoms with Crippen molar-refractivity contribution < 1.29 is 4.79 Å². The molecule has 1 N–H and O–H groups in total. The SMILES string of the molecule is CCN1CCc2c(sc(NC(=O)c3cc(Cl)sc3Cl)c2-c2nc3ccccc3s2)C1.Cl. The molecular weight excluding hydrogens is 513 g/mol. The van der Waals surface area contributed by atoms with Crippen LogP contribution in [0, 0.1) is 0 Å². The second-order valence-corrected chi connectivity index (χ2v) is 11.4. The lowest BCUT2D eigenvalue weighted by Crippen LogP contribution is -2.29. The van der Waals surface area contributed by atoms with Gasteiger partial charge in [-0.2, -0.15) is 0 Å². The topological polar surface area (TPSA) is 45.2 Å². The summed E-state index contributed by atoms with van der Waals surface area (Å²) < 4.78 is 2.04. The molecule has 0 unspecified atom stereocenters. The van der Waals surface area contributed by atoms with Gasteiger partial charge in [-0.1, -0.05) is 42.3 Å². The van der Waals surface area contributed by atoms with Gasteiger partial charge in [0.15, 0.2) is 0 Å². The van der Waals surface area contributed by atoms with E-state index in [1.165, 1.54) is 21.8 Å². The summed E-state index contributed by atoms with van der Waals surface area (Å²) in [5.41, 5.74) is 3.74. The number of carbonyl (C=O) groups excluding carboxylic acids is 1. The fourth-order valence-corrected chi connectivity index (χ4v) is 7.54. The average molecular weight is 531 g/mol. The number of benzene rings is 1. The minimum Gasteiger partial charge on any atom is -0.313 e. The lowest BCUT2D eigenvalue weighted by atomic mass is 10.0. The number of carbonyl (C=O) groups is 1. The number of thiophene rings is 2. The van der Waals surface area contributed by atoms with Crippen molar-refractivity contribution in [3.63, 3.8) is 0 Å². The van der Waals surface area contributed by atoms with Crippen molar-refractivity contribution in [2.75, 3.05) is 18.4 Å². The predicted molar refractivity (Wildman–Crippen MR) is 137 cm³/mol. The van der Waals surface area contributed by atoms with E-state index in [4.69, 9.17) is 28.2 Å². The molecule has 0 atom stereocenters. The van der Waals surface area contributed by atoms with Crippen LogP contribution >= 0.6 is 69.6 Å². The van der Waals surface area contributed by atoms with Gasteiger partial charge in [0.1, 0.15) is 14.3 Å². The number of nitrogens with one attached hydrogen (secondary N) is 1. The summed E-state index contributed by atoms with van der Waals surface area (Å²) >= 11 is 16.8. The lowest BCUT2D eigenvalue weighted by molar-refractivity contribution is 0.102. The highest BCUT2D eigenvalue weighted by atomic mass is 35.5. The van der Waals surface area contributed by atoms with Gasteiger partial charge in [-0.25, -0.2) is 4.98 Å². The molecule has 10 heteroatoms. The van der Waals surface area contributed by atoms with E-state index in [9.17, 15) is 4.79 Å². The summed E-state index contributed by atoms with van der Waals surface area (Å²) in [5, 5.41) is 4.89. The van der Waals surface area contributed by atoms with Crippen molar-refractivity contribution in [2.45, 2.75) is 19.9 Å². The van der Waals surface area contributed by atoms with E-state index in [0.29, 0.717) is 14.2 Å².